The van der Waals surface area contributed by atoms with E-state index in [4.69, 9.17) is 4.74 Å². The molecule has 1 aliphatic carbocycles. The summed E-state index contributed by atoms with van der Waals surface area (Å²) < 4.78 is 37.1. The van der Waals surface area contributed by atoms with E-state index in [9.17, 15) is 13.7 Å². The van der Waals surface area contributed by atoms with Crippen LogP contribution in [0.5, 0.6) is 5.75 Å². The molecule has 1 fully saturated rings. The van der Waals surface area contributed by atoms with Gasteiger partial charge in [-0.3, -0.25) is 9.40 Å². The largest absolute Gasteiger partial charge is 0.493 e. The molecule has 0 unspecified atom stereocenters. The summed E-state index contributed by atoms with van der Waals surface area (Å²) in [6, 6.07) is 15.9. The number of anilines is 1. The fourth-order valence-corrected chi connectivity index (χ4v) is 5.90. The van der Waals surface area contributed by atoms with Crippen LogP contribution in [0.25, 0.3) is 22.2 Å². The number of hydrogen-bond donors (Lipinski definition) is 1. The number of ether oxygens (including phenoxy) is 1. The number of hydrogen-bond acceptors (Lipinski definition) is 6. The summed E-state index contributed by atoms with van der Waals surface area (Å²) in [7, 11) is -3.37. The van der Waals surface area contributed by atoms with E-state index in [1.165, 1.54) is 6.33 Å². The third kappa shape index (κ3) is 5.32. The molecule has 4 aromatic rings. The van der Waals surface area contributed by atoms with Gasteiger partial charge in [-0.1, -0.05) is 19.1 Å². The second-order valence-electron chi connectivity index (χ2n) is 9.33. The average Bonchev–Trinajstić information content (AvgIpc) is 3.47. The first kappa shape index (κ1) is 24.8. The van der Waals surface area contributed by atoms with Crippen LogP contribution in [0.2, 0.25) is 0 Å². The molecular formula is C27H30N6O3S. The maximum absolute atomic E-state index is 12.2. The minimum absolute atomic E-state index is 0.0775. The molecule has 0 spiro atoms. The molecule has 1 saturated carbocycles. The summed E-state index contributed by atoms with van der Waals surface area (Å²) >= 11 is 0. The van der Waals surface area contributed by atoms with Gasteiger partial charge in [0.1, 0.15) is 24.5 Å². The van der Waals surface area contributed by atoms with Gasteiger partial charge in [0.15, 0.2) is 0 Å². The maximum Gasteiger partial charge on any atom is 0.232 e. The fraction of sp³-hybridized carbons (Fsp3) is 0.370. The third-order valence-electron chi connectivity index (χ3n) is 6.70. The third-order valence-corrected chi connectivity index (χ3v) is 8.19. The Kier molecular flexibility index (Phi) is 7.15. The minimum atomic E-state index is -3.37. The van der Waals surface area contributed by atoms with Crippen LogP contribution in [0, 0.1) is 11.3 Å². The maximum atomic E-state index is 12.2. The lowest BCUT2D eigenvalue weighted by atomic mass is 9.92. The topological polar surface area (TPSA) is 115 Å². The van der Waals surface area contributed by atoms with E-state index in [2.05, 4.69) is 25.4 Å². The first-order valence-corrected chi connectivity index (χ1v) is 14.3. The van der Waals surface area contributed by atoms with Gasteiger partial charge in [-0.2, -0.15) is 10.4 Å². The molecular weight excluding hydrogens is 488 g/mol. The fourth-order valence-electron chi connectivity index (χ4n) is 4.76. The molecule has 37 heavy (non-hydrogen) atoms. The van der Waals surface area contributed by atoms with E-state index >= 15 is 0 Å². The van der Waals surface area contributed by atoms with Crippen molar-refractivity contribution >= 4 is 26.6 Å². The molecule has 5 rings (SSSR count). The number of aromatic nitrogens is 4. The monoisotopic (exact) mass is 518 g/mol. The van der Waals surface area contributed by atoms with Crippen molar-refractivity contribution in [1.82, 2.24) is 19.3 Å². The van der Waals surface area contributed by atoms with Crippen LogP contribution >= 0.6 is 0 Å². The molecule has 0 atom stereocenters. The Morgan fingerprint density at radius 2 is 2.00 bits per heavy atom. The van der Waals surface area contributed by atoms with Crippen LogP contribution in [0.4, 0.5) is 5.69 Å². The predicted molar refractivity (Wildman–Crippen MR) is 143 cm³/mol. The van der Waals surface area contributed by atoms with Gasteiger partial charge >= 0.3 is 0 Å². The van der Waals surface area contributed by atoms with Gasteiger partial charge in [0.05, 0.1) is 29.1 Å². The minimum Gasteiger partial charge on any atom is -0.493 e. The van der Waals surface area contributed by atoms with Crippen molar-refractivity contribution < 1.29 is 13.2 Å². The van der Waals surface area contributed by atoms with Crippen LogP contribution in [-0.2, 0) is 16.6 Å². The van der Waals surface area contributed by atoms with Crippen molar-refractivity contribution in [2.24, 2.45) is 0 Å². The highest BCUT2D eigenvalue weighted by Crippen LogP contribution is 2.43. The molecule has 0 saturated heterocycles. The van der Waals surface area contributed by atoms with Crippen LogP contribution in [0.3, 0.4) is 0 Å². The van der Waals surface area contributed by atoms with E-state index < -0.39 is 10.0 Å². The van der Waals surface area contributed by atoms with Crippen molar-refractivity contribution in [2.45, 2.75) is 51.6 Å². The molecule has 0 radical (unpaired) electrons. The number of nitrogens with zero attached hydrogens (tertiary/aromatic N) is 5. The number of aryl methyl sites for hydroxylation is 1. The Labute approximate surface area is 216 Å². The van der Waals surface area contributed by atoms with Crippen molar-refractivity contribution in [2.75, 3.05) is 17.1 Å². The van der Waals surface area contributed by atoms with E-state index in [1.807, 2.05) is 37.3 Å². The number of sulfonamides is 1. The lowest BCUT2D eigenvalue weighted by molar-refractivity contribution is 0.298. The first-order valence-electron chi connectivity index (χ1n) is 12.6. The molecule has 0 amide bonds. The highest BCUT2D eigenvalue weighted by atomic mass is 32.2. The van der Waals surface area contributed by atoms with E-state index in [0.29, 0.717) is 30.3 Å². The first-order chi connectivity index (χ1) is 18.0. The van der Waals surface area contributed by atoms with Crippen molar-refractivity contribution in [3.05, 3.63) is 60.7 Å². The number of rotatable bonds is 11. The molecule has 10 heteroatoms. The lowest BCUT2D eigenvalue weighted by Gasteiger charge is -2.30. The summed E-state index contributed by atoms with van der Waals surface area (Å²) in [5, 5.41) is 15.2. The zero-order chi connectivity index (χ0) is 25.8. The lowest BCUT2D eigenvalue weighted by Crippen LogP contribution is -2.18. The Morgan fingerprint density at radius 3 is 2.65 bits per heavy atom. The molecule has 0 aliphatic heterocycles. The number of fused-ring (bicyclic) bond motifs is 1. The van der Waals surface area contributed by atoms with Crippen LogP contribution < -0.4 is 9.46 Å². The quantitative estimate of drug-likeness (QED) is 0.276. The van der Waals surface area contributed by atoms with E-state index in [1.54, 1.807) is 23.1 Å². The van der Waals surface area contributed by atoms with E-state index in [0.717, 1.165) is 60.1 Å². The number of benzene rings is 2. The Hall–Kier alpha value is -3.84. The summed E-state index contributed by atoms with van der Waals surface area (Å²) in [6.07, 6.45) is 7.82. The Balaban J connectivity index is 1.45. The molecule has 1 N–H and O–H groups in total. The van der Waals surface area contributed by atoms with Crippen LogP contribution in [0.1, 0.15) is 50.6 Å². The van der Waals surface area contributed by atoms with Crippen LogP contribution in [-0.4, -0.2) is 40.1 Å². The molecule has 2 heterocycles. The van der Waals surface area contributed by atoms with Crippen molar-refractivity contribution in [1.29, 1.82) is 5.26 Å². The molecule has 2 aromatic carbocycles. The SMILES string of the molecule is CCCS(=O)(=O)Nc1ccc(-c2c(C#N)c3ccc(OCCCn4cncn4)cc3n2C2CCC2)cc1. The summed E-state index contributed by atoms with van der Waals surface area (Å²) in [4.78, 5) is 3.96. The standard InChI is InChI=1S/C27H30N6O3S/c1-2-15-37(34,35)31-21-9-7-20(8-10-21)27-25(17-28)24-12-11-23(16-26(24)33(27)22-5-3-6-22)36-14-4-13-32-19-29-18-30-32/h7-12,16,18-19,22,31H,2-6,13-15H2,1H3. The molecule has 9 nitrogen and oxygen atoms in total. The van der Waals surface area contributed by atoms with Gasteiger partial charge in [0, 0.05) is 36.1 Å². The zero-order valence-corrected chi connectivity index (χ0v) is 21.6. The predicted octanol–water partition coefficient (Wildman–Crippen LogP) is 5.12. The number of nitriles is 1. The second kappa shape index (κ2) is 10.6. The van der Waals surface area contributed by atoms with Gasteiger partial charge in [0.25, 0.3) is 0 Å². The van der Waals surface area contributed by atoms with Crippen molar-refractivity contribution in [3.8, 4) is 23.1 Å². The summed E-state index contributed by atoms with van der Waals surface area (Å²) in [5.41, 5.74) is 3.88. The van der Waals surface area contributed by atoms with Gasteiger partial charge in [-0.25, -0.2) is 13.4 Å². The molecule has 2 aromatic heterocycles. The number of nitrogens with one attached hydrogen (secondary N) is 1. The Bertz CT molecular complexity index is 1520. The molecule has 0 bridgehead atoms. The molecule has 1 aliphatic rings. The van der Waals surface area contributed by atoms with E-state index in [-0.39, 0.29) is 5.75 Å². The smallest absolute Gasteiger partial charge is 0.232 e. The molecule has 192 valence electrons. The zero-order valence-electron chi connectivity index (χ0n) is 20.8. The summed E-state index contributed by atoms with van der Waals surface area (Å²) in [6.45, 7) is 3.11. The van der Waals surface area contributed by atoms with Gasteiger partial charge in [-0.15, -0.1) is 0 Å². The van der Waals surface area contributed by atoms with Gasteiger partial charge < -0.3 is 9.30 Å². The highest BCUT2D eigenvalue weighted by molar-refractivity contribution is 7.92. The second-order valence-corrected chi connectivity index (χ2v) is 11.2. The summed E-state index contributed by atoms with van der Waals surface area (Å²) in [5.74, 6) is 0.842. The highest BCUT2D eigenvalue weighted by Gasteiger charge is 2.28. The van der Waals surface area contributed by atoms with Gasteiger partial charge in [0.2, 0.25) is 10.0 Å². The average molecular weight is 519 g/mol. The van der Waals surface area contributed by atoms with Crippen molar-refractivity contribution in [3.63, 3.8) is 0 Å². The van der Waals surface area contributed by atoms with Gasteiger partial charge in [-0.05, 0) is 55.5 Å². The van der Waals surface area contributed by atoms with Crippen LogP contribution in [0.15, 0.2) is 55.1 Å². The normalized spacial score (nSPS) is 13.8. The Morgan fingerprint density at radius 1 is 1.19 bits per heavy atom.